The molecule has 106 valence electrons. The van der Waals surface area contributed by atoms with Crippen molar-refractivity contribution < 1.29 is 5.11 Å². The van der Waals surface area contributed by atoms with Gasteiger partial charge in [-0.15, -0.1) is 0 Å². The Morgan fingerprint density at radius 2 is 1.68 bits per heavy atom. The minimum atomic E-state index is -0.736. The van der Waals surface area contributed by atoms with Crippen molar-refractivity contribution in [1.82, 2.24) is 4.90 Å². The van der Waals surface area contributed by atoms with Crippen LogP contribution in [0.5, 0.6) is 0 Å². The van der Waals surface area contributed by atoms with Gasteiger partial charge in [-0.1, -0.05) is 44.2 Å². The Hall–Kier alpha value is -0.860. The predicted molar refractivity (Wildman–Crippen MR) is 80.1 cm³/mol. The van der Waals surface area contributed by atoms with Crippen LogP contribution in [-0.4, -0.2) is 29.1 Å². The molecule has 0 unspecified atom stereocenters. The van der Waals surface area contributed by atoms with Crippen molar-refractivity contribution in [2.24, 2.45) is 5.92 Å². The number of hydrogen-bond donors (Lipinski definition) is 1. The molecule has 0 spiro atoms. The van der Waals surface area contributed by atoms with Gasteiger partial charge in [0, 0.05) is 6.04 Å². The second kappa shape index (κ2) is 6.06. The normalized spacial score (nSPS) is 21.5. The summed E-state index contributed by atoms with van der Waals surface area (Å²) in [6, 6.07) is 10.4. The number of aliphatic hydroxyl groups is 1. The van der Waals surface area contributed by atoms with E-state index in [2.05, 4.69) is 37.8 Å². The van der Waals surface area contributed by atoms with Crippen molar-refractivity contribution in [2.45, 2.75) is 51.7 Å². The van der Waals surface area contributed by atoms with Crippen LogP contribution >= 0.6 is 0 Å². The molecule has 1 heterocycles. The largest absolute Gasteiger partial charge is 0.384 e. The molecule has 2 heteroatoms. The molecule has 0 aliphatic carbocycles. The van der Waals surface area contributed by atoms with Gasteiger partial charge in [-0.05, 0) is 50.8 Å². The number of nitrogens with zero attached hydrogens (tertiary/aromatic N) is 1. The number of likely N-dealkylation sites (tertiary alicyclic amines) is 1. The maximum absolute atomic E-state index is 11.3. The third-order valence-corrected chi connectivity index (χ3v) is 4.37. The van der Waals surface area contributed by atoms with Crippen LogP contribution in [0, 0.1) is 5.92 Å². The summed E-state index contributed by atoms with van der Waals surface area (Å²) in [6.07, 6.45) is 3.34. The summed E-state index contributed by atoms with van der Waals surface area (Å²) >= 11 is 0. The summed E-state index contributed by atoms with van der Waals surface area (Å²) in [5.41, 5.74) is 0.322. The average Bonchev–Trinajstić information content (AvgIpc) is 2.91. The molecule has 1 aromatic rings. The van der Waals surface area contributed by atoms with Gasteiger partial charge in [-0.3, -0.25) is 4.90 Å². The Kier molecular flexibility index (Phi) is 4.64. The topological polar surface area (TPSA) is 23.5 Å². The van der Waals surface area contributed by atoms with E-state index >= 15 is 0 Å². The van der Waals surface area contributed by atoms with Gasteiger partial charge in [-0.25, -0.2) is 0 Å². The van der Waals surface area contributed by atoms with Crippen molar-refractivity contribution in [3.63, 3.8) is 0 Å². The van der Waals surface area contributed by atoms with E-state index in [4.69, 9.17) is 0 Å². The molecule has 1 aromatic carbocycles. The van der Waals surface area contributed by atoms with Crippen LogP contribution in [0.15, 0.2) is 30.3 Å². The van der Waals surface area contributed by atoms with E-state index < -0.39 is 5.60 Å². The summed E-state index contributed by atoms with van der Waals surface area (Å²) in [4.78, 5) is 2.44. The number of benzene rings is 1. The highest BCUT2D eigenvalue weighted by Crippen LogP contribution is 2.35. The number of hydrogen-bond acceptors (Lipinski definition) is 2. The average molecular weight is 261 g/mol. The molecule has 0 radical (unpaired) electrons. The van der Waals surface area contributed by atoms with Crippen molar-refractivity contribution >= 4 is 0 Å². The van der Waals surface area contributed by atoms with Crippen LogP contribution in [0.3, 0.4) is 0 Å². The first kappa shape index (κ1) is 14.5. The van der Waals surface area contributed by atoms with Crippen molar-refractivity contribution in [3.8, 4) is 0 Å². The molecule has 2 atom stereocenters. The van der Waals surface area contributed by atoms with Crippen LogP contribution in [0.1, 0.15) is 45.6 Å². The Morgan fingerprint density at radius 3 is 2.21 bits per heavy atom. The fraction of sp³-hybridized carbons (Fsp3) is 0.647. The molecule has 1 aliphatic heterocycles. The third-order valence-electron chi connectivity index (χ3n) is 4.37. The second-order valence-electron chi connectivity index (χ2n) is 6.31. The monoisotopic (exact) mass is 261 g/mol. The standard InChI is InChI=1S/C17H27NO/c1-14(2)13-17(19,16-9-5-4-6-10-16)15(3)18-11-7-8-12-18/h4-6,9-10,14-15,19H,7-8,11-13H2,1-3H3/t15-,17+/m1/s1. The predicted octanol–water partition coefficient (Wildman–Crippen LogP) is 3.40. The maximum atomic E-state index is 11.3. The minimum absolute atomic E-state index is 0.180. The zero-order valence-corrected chi connectivity index (χ0v) is 12.5. The Bertz CT molecular complexity index is 384. The molecule has 0 aromatic heterocycles. The quantitative estimate of drug-likeness (QED) is 0.878. The highest BCUT2D eigenvalue weighted by atomic mass is 16.3. The van der Waals surface area contributed by atoms with Gasteiger partial charge in [0.25, 0.3) is 0 Å². The first-order valence-electron chi connectivity index (χ1n) is 7.56. The molecule has 0 amide bonds. The summed E-state index contributed by atoms with van der Waals surface area (Å²) in [7, 11) is 0. The van der Waals surface area contributed by atoms with Crippen molar-refractivity contribution in [2.75, 3.05) is 13.1 Å². The van der Waals surface area contributed by atoms with Crippen LogP contribution < -0.4 is 0 Å². The van der Waals surface area contributed by atoms with Crippen molar-refractivity contribution in [1.29, 1.82) is 0 Å². The van der Waals surface area contributed by atoms with E-state index in [-0.39, 0.29) is 6.04 Å². The van der Waals surface area contributed by atoms with E-state index in [0.29, 0.717) is 5.92 Å². The molecule has 1 aliphatic rings. The van der Waals surface area contributed by atoms with Gasteiger partial charge in [0.15, 0.2) is 0 Å². The summed E-state index contributed by atoms with van der Waals surface area (Å²) < 4.78 is 0. The van der Waals surface area contributed by atoms with Gasteiger partial charge >= 0.3 is 0 Å². The lowest BCUT2D eigenvalue weighted by molar-refractivity contribution is -0.0548. The first-order valence-corrected chi connectivity index (χ1v) is 7.56. The van der Waals surface area contributed by atoms with E-state index in [0.717, 1.165) is 25.1 Å². The molecule has 19 heavy (non-hydrogen) atoms. The van der Waals surface area contributed by atoms with E-state index in [9.17, 15) is 5.11 Å². The lowest BCUT2D eigenvalue weighted by atomic mass is 9.80. The second-order valence-corrected chi connectivity index (χ2v) is 6.31. The van der Waals surface area contributed by atoms with Gasteiger partial charge in [0.1, 0.15) is 5.60 Å². The molecule has 2 rings (SSSR count). The molecule has 0 bridgehead atoms. The molecule has 1 N–H and O–H groups in total. The van der Waals surface area contributed by atoms with E-state index in [1.807, 2.05) is 18.2 Å². The summed E-state index contributed by atoms with van der Waals surface area (Å²) in [6.45, 7) is 8.79. The van der Waals surface area contributed by atoms with Crippen LogP contribution in [0.2, 0.25) is 0 Å². The van der Waals surface area contributed by atoms with E-state index in [1.165, 1.54) is 12.8 Å². The summed E-state index contributed by atoms with van der Waals surface area (Å²) in [5.74, 6) is 0.482. The zero-order valence-electron chi connectivity index (χ0n) is 12.5. The first-order chi connectivity index (χ1) is 9.04. The van der Waals surface area contributed by atoms with Gasteiger partial charge in [-0.2, -0.15) is 0 Å². The lowest BCUT2D eigenvalue weighted by Crippen LogP contribution is -2.48. The smallest absolute Gasteiger partial charge is 0.105 e. The third kappa shape index (κ3) is 3.18. The van der Waals surface area contributed by atoms with Gasteiger partial charge in [0.2, 0.25) is 0 Å². The van der Waals surface area contributed by atoms with Crippen LogP contribution in [0.25, 0.3) is 0 Å². The molecule has 0 saturated carbocycles. The molecular weight excluding hydrogens is 234 g/mol. The Labute approximate surface area is 117 Å². The highest BCUT2D eigenvalue weighted by molar-refractivity contribution is 5.24. The molecular formula is C17H27NO. The Balaban J connectivity index is 2.28. The van der Waals surface area contributed by atoms with Gasteiger partial charge < -0.3 is 5.11 Å². The fourth-order valence-corrected chi connectivity index (χ4v) is 3.31. The fourth-order valence-electron chi connectivity index (χ4n) is 3.31. The van der Waals surface area contributed by atoms with Gasteiger partial charge in [0.05, 0.1) is 0 Å². The minimum Gasteiger partial charge on any atom is -0.384 e. The lowest BCUT2D eigenvalue weighted by Gasteiger charge is -2.41. The van der Waals surface area contributed by atoms with Crippen LogP contribution in [0.4, 0.5) is 0 Å². The molecule has 1 fully saturated rings. The van der Waals surface area contributed by atoms with E-state index in [1.54, 1.807) is 0 Å². The Morgan fingerprint density at radius 1 is 1.11 bits per heavy atom. The highest BCUT2D eigenvalue weighted by Gasteiger charge is 2.39. The number of rotatable bonds is 5. The zero-order chi connectivity index (χ0) is 13.9. The summed E-state index contributed by atoms with van der Waals surface area (Å²) in [5, 5.41) is 11.3. The molecule has 1 saturated heterocycles. The molecule has 2 nitrogen and oxygen atoms in total. The maximum Gasteiger partial charge on any atom is 0.105 e. The van der Waals surface area contributed by atoms with Crippen molar-refractivity contribution in [3.05, 3.63) is 35.9 Å². The van der Waals surface area contributed by atoms with Crippen LogP contribution in [-0.2, 0) is 5.60 Å². The SMILES string of the molecule is CC(C)C[C@@](O)(c1ccccc1)[C@@H](C)N1CCCC1.